The lowest BCUT2D eigenvalue weighted by Crippen LogP contribution is -2.48. The van der Waals surface area contributed by atoms with E-state index in [4.69, 9.17) is 0 Å². The zero-order valence-electron chi connectivity index (χ0n) is 11.3. The van der Waals surface area contributed by atoms with Crippen LogP contribution in [0.2, 0.25) is 0 Å². The van der Waals surface area contributed by atoms with Crippen molar-refractivity contribution in [3.63, 3.8) is 0 Å². The number of thiophene rings is 1. The maximum absolute atomic E-state index is 12.2. The minimum absolute atomic E-state index is 0.0903. The van der Waals surface area contributed by atoms with Crippen molar-refractivity contribution in [3.05, 3.63) is 17.8 Å². The van der Waals surface area contributed by atoms with Crippen LogP contribution in [0.1, 0.15) is 0 Å². The molecule has 1 fully saturated rings. The monoisotopic (exact) mass is 322 g/mol. The predicted octanol–water partition coefficient (Wildman–Crippen LogP) is 1.08. The Hall–Kier alpha value is -1.67. The van der Waals surface area contributed by atoms with Gasteiger partial charge in [-0.15, -0.1) is 11.3 Å². The molecule has 1 aliphatic heterocycles. The molecule has 0 aromatic carbocycles. The molecule has 0 bridgehead atoms. The van der Waals surface area contributed by atoms with Crippen molar-refractivity contribution in [2.24, 2.45) is 0 Å². The van der Waals surface area contributed by atoms with Crippen LogP contribution >= 0.6 is 23.1 Å². The number of fused-ring (bicyclic) bond motifs is 1. The first-order valence-electron chi connectivity index (χ1n) is 6.56. The Morgan fingerprint density at radius 2 is 2.14 bits per heavy atom. The van der Waals surface area contributed by atoms with Gasteiger partial charge in [0.15, 0.2) is 0 Å². The number of nitrogens with zero attached hydrogens (tertiary/aromatic N) is 4. The minimum atomic E-state index is 0.0903. The van der Waals surface area contributed by atoms with E-state index in [0.29, 0.717) is 31.9 Å². The van der Waals surface area contributed by atoms with E-state index in [0.717, 1.165) is 21.7 Å². The molecule has 1 aliphatic rings. The molecule has 8 heteroatoms. The maximum atomic E-state index is 12.2. The lowest BCUT2D eigenvalue weighted by molar-refractivity contribution is -0.132. The SMILES string of the molecule is O=CN1CCN(C(=O)CSc2ncnc3sccc23)CC1. The first kappa shape index (κ1) is 14.3. The Kier molecular flexibility index (Phi) is 4.35. The zero-order chi connectivity index (χ0) is 14.7. The summed E-state index contributed by atoms with van der Waals surface area (Å²) in [4.78, 5) is 35.7. The smallest absolute Gasteiger partial charge is 0.233 e. The molecule has 0 N–H and O–H groups in total. The highest BCUT2D eigenvalue weighted by Gasteiger charge is 2.20. The van der Waals surface area contributed by atoms with Gasteiger partial charge in [-0.1, -0.05) is 11.8 Å². The number of rotatable bonds is 4. The Morgan fingerprint density at radius 3 is 2.90 bits per heavy atom. The molecular formula is C13H14N4O2S2. The van der Waals surface area contributed by atoms with Gasteiger partial charge in [0, 0.05) is 31.6 Å². The molecule has 2 amide bonds. The number of piperazine rings is 1. The van der Waals surface area contributed by atoms with E-state index in [1.807, 2.05) is 11.4 Å². The molecule has 6 nitrogen and oxygen atoms in total. The second kappa shape index (κ2) is 6.40. The van der Waals surface area contributed by atoms with Crippen molar-refractivity contribution in [1.29, 1.82) is 0 Å². The van der Waals surface area contributed by atoms with Gasteiger partial charge in [-0.05, 0) is 11.4 Å². The number of carbonyl (C=O) groups excluding carboxylic acids is 2. The van der Waals surface area contributed by atoms with Gasteiger partial charge >= 0.3 is 0 Å². The number of hydrogen-bond acceptors (Lipinski definition) is 6. The molecule has 0 atom stereocenters. The molecule has 3 rings (SSSR count). The number of aromatic nitrogens is 2. The van der Waals surface area contributed by atoms with Gasteiger partial charge in [-0.3, -0.25) is 9.59 Å². The van der Waals surface area contributed by atoms with E-state index < -0.39 is 0 Å². The Bertz CT molecular complexity index is 652. The first-order valence-corrected chi connectivity index (χ1v) is 8.42. The molecule has 0 unspecified atom stereocenters. The molecule has 1 saturated heterocycles. The highest BCUT2D eigenvalue weighted by atomic mass is 32.2. The van der Waals surface area contributed by atoms with E-state index >= 15 is 0 Å². The van der Waals surface area contributed by atoms with E-state index in [1.165, 1.54) is 18.1 Å². The van der Waals surface area contributed by atoms with Crippen LogP contribution in [0.4, 0.5) is 0 Å². The van der Waals surface area contributed by atoms with Gasteiger partial charge in [0.25, 0.3) is 0 Å². The number of amides is 2. The summed E-state index contributed by atoms with van der Waals surface area (Å²) in [5.74, 6) is 0.454. The van der Waals surface area contributed by atoms with Gasteiger partial charge in [0.1, 0.15) is 16.2 Å². The molecule has 0 radical (unpaired) electrons. The van der Waals surface area contributed by atoms with Gasteiger partial charge in [-0.2, -0.15) is 0 Å². The summed E-state index contributed by atoms with van der Waals surface area (Å²) in [5.41, 5.74) is 0. The number of hydrogen-bond donors (Lipinski definition) is 0. The van der Waals surface area contributed by atoms with Crippen molar-refractivity contribution in [2.75, 3.05) is 31.9 Å². The summed E-state index contributed by atoms with van der Waals surface area (Å²) < 4.78 is 0. The van der Waals surface area contributed by atoms with Crippen LogP contribution in [-0.2, 0) is 9.59 Å². The highest BCUT2D eigenvalue weighted by molar-refractivity contribution is 8.00. The van der Waals surface area contributed by atoms with Crippen molar-refractivity contribution in [2.45, 2.75) is 5.03 Å². The fourth-order valence-corrected chi connectivity index (χ4v) is 3.86. The van der Waals surface area contributed by atoms with Crippen LogP contribution in [0, 0.1) is 0 Å². The summed E-state index contributed by atoms with van der Waals surface area (Å²) >= 11 is 3.01. The van der Waals surface area contributed by atoms with Crippen LogP contribution in [0.15, 0.2) is 22.8 Å². The van der Waals surface area contributed by atoms with E-state index in [-0.39, 0.29) is 5.91 Å². The van der Waals surface area contributed by atoms with Gasteiger partial charge in [0.05, 0.1) is 5.75 Å². The topological polar surface area (TPSA) is 66.4 Å². The maximum Gasteiger partial charge on any atom is 0.233 e. The number of thioether (sulfide) groups is 1. The second-order valence-corrected chi connectivity index (χ2v) is 6.49. The summed E-state index contributed by atoms with van der Waals surface area (Å²) in [5, 5.41) is 3.83. The van der Waals surface area contributed by atoms with E-state index in [9.17, 15) is 9.59 Å². The predicted molar refractivity (Wildman–Crippen MR) is 82.4 cm³/mol. The third kappa shape index (κ3) is 3.16. The van der Waals surface area contributed by atoms with Crippen molar-refractivity contribution in [1.82, 2.24) is 19.8 Å². The first-order chi connectivity index (χ1) is 10.3. The standard InChI is InChI=1S/C13H14N4O2S2/c18-9-16-2-4-17(5-3-16)11(19)7-21-13-10-1-6-20-12(10)14-8-15-13/h1,6,8-9H,2-5,7H2. The molecule has 2 aromatic heterocycles. The second-order valence-electron chi connectivity index (χ2n) is 4.63. The van der Waals surface area contributed by atoms with Crippen LogP contribution in [0.3, 0.4) is 0 Å². The molecule has 21 heavy (non-hydrogen) atoms. The number of carbonyl (C=O) groups is 2. The summed E-state index contributed by atoms with van der Waals surface area (Å²) in [6.07, 6.45) is 2.37. The summed E-state index contributed by atoms with van der Waals surface area (Å²) in [7, 11) is 0. The molecule has 3 heterocycles. The average Bonchev–Trinajstić information content (AvgIpc) is 3.02. The Balaban J connectivity index is 1.59. The molecule has 0 spiro atoms. The van der Waals surface area contributed by atoms with Crippen molar-refractivity contribution in [3.8, 4) is 0 Å². The molecule has 2 aromatic rings. The third-order valence-electron chi connectivity index (χ3n) is 3.37. The molecular weight excluding hydrogens is 308 g/mol. The lowest BCUT2D eigenvalue weighted by atomic mass is 10.3. The fraction of sp³-hybridized carbons (Fsp3) is 0.385. The zero-order valence-corrected chi connectivity index (χ0v) is 12.9. The highest BCUT2D eigenvalue weighted by Crippen LogP contribution is 2.27. The molecule has 0 saturated carbocycles. The van der Waals surface area contributed by atoms with Crippen LogP contribution in [0.25, 0.3) is 10.2 Å². The van der Waals surface area contributed by atoms with Crippen LogP contribution < -0.4 is 0 Å². The Labute approximate surface area is 130 Å². The fourth-order valence-electron chi connectivity index (χ4n) is 2.18. The van der Waals surface area contributed by atoms with Crippen molar-refractivity contribution < 1.29 is 9.59 Å². The van der Waals surface area contributed by atoms with E-state index in [1.54, 1.807) is 21.1 Å². The summed E-state index contributed by atoms with van der Waals surface area (Å²) in [6.45, 7) is 2.44. The third-order valence-corrected chi connectivity index (χ3v) is 5.18. The van der Waals surface area contributed by atoms with Crippen LogP contribution in [-0.4, -0.2) is 64.0 Å². The van der Waals surface area contributed by atoms with Crippen molar-refractivity contribution >= 4 is 45.6 Å². The van der Waals surface area contributed by atoms with Gasteiger partial charge in [-0.25, -0.2) is 9.97 Å². The summed E-state index contributed by atoms with van der Waals surface area (Å²) in [6, 6.07) is 1.98. The van der Waals surface area contributed by atoms with Crippen LogP contribution in [0.5, 0.6) is 0 Å². The van der Waals surface area contributed by atoms with Gasteiger partial charge in [0.2, 0.25) is 12.3 Å². The van der Waals surface area contributed by atoms with Gasteiger partial charge < -0.3 is 9.80 Å². The average molecular weight is 322 g/mol. The Morgan fingerprint density at radius 1 is 1.33 bits per heavy atom. The quantitative estimate of drug-likeness (QED) is 0.479. The largest absolute Gasteiger partial charge is 0.342 e. The minimum Gasteiger partial charge on any atom is -0.342 e. The van der Waals surface area contributed by atoms with E-state index in [2.05, 4.69) is 9.97 Å². The molecule has 110 valence electrons. The lowest BCUT2D eigenvalue weighted by Gasteiger charge is -2.32. The normalized spacial score (nSPS) is 15.4. The molecule has 0 aliphatic carbocycles.